The summed E-state index contributed by atoms with van der Waals surface area (Å²) in [6.45, 7) is 0. The first-order valence-corrected chi connectivity index (χ1v) is 4.39. The van der Waals surface area contributed by atoms with Gasteiger partial charge >= 0.3 is 0 Å². The number of guanidine groups is 1. The Labute approximate surface area is 99.2 Å². The van der Waals surface area contributed by atoms with E-state index in [4.69, 9.17) is 11.5 Å². The van der Waals surface area contributed by atoms with Gasteiger partial charge in [-0.05, 0) is 0 Å². The minimum absolute atomic E-state index is 0.343. The van der Waals surface area contributed by atoms with Gasteiger partial charge in [-0.1, -0.05) is 0 Å². The quantitative estimate of drug-likeness (QED) is 0.328. The second-order valence-electron chi connectivity index (χ2n) is 3.09. The van der Waals surface area contributed by atoms with Crippen LogP contribution in [0.1, 0.15) is 10.4 Å². The predicted molar refractivity (Wildman–Crippen MR) is 59.9 cm³/mol. The molecule has 10 nitrogen and oxygen atoms in total. The van der Waals surface area contributed by atoms with E-state index in [1.807, 2.05) is 0 Å². The van der Waals surface area contributed by atoms with Crippen molar-refractivity contribution < 1.29 is 14.6 Å². The number of non-ortho nitro benzene ring substituents is 2. The van der Waals surface area contributed by atoms with Gasteiger partial charge in [-0.25, -0.2) is 0 Å². The van der Waals surface area contributed by atoms with Crippen LogP contribution in [0.15, 0.2) is 23.2 Å². The Morgan fingerprint density at radius 2 is 1.50 bits per heavy atom. The van der Waals surface area contributed by atoms with E-state index in [9.17, 15) is 25.0 Å². The topological polar surface area (TPSA) is 168 Å². The fraction of sp³-hybridized carbons (Fsp3) is 0. The average molecular weight is 253 g/mol. The van der Waals surface area contributed by atoms with Crippen LogP contribution < -0.4 is 11.5 Å². The Balaban J connectivity index is 3.36. The number of hydrogen-bond donors (Lipinski definition) is 2. The molecule has 0 aliphatic heterocycles. The molecule has 0 aromatic heterocycles. The van der Waals surface area contributed by atoms with Crippen molar-refractivity contribution in [2.45, 2.75) is 0 Å². The highest BCUT2D eigenvalue weighted by atomic mass is 16.6. The number of hydrogen-bond acceptors (Lipinski definition) is 5. The highest BCUT2D eigenvalue weighted by Gasteiger charge is 2.19. The van der Waals surface area contributed by atoms with Crippen LogP contribution in [-0.4, -0.2) is 21.7 Å². The number of carbonyl (C=O) groups excluding carboxylic acids is 1. The molecule has 94 valence electrons. The number of rotatable bonds is 3. The lowest BCUT2D eigenvalue weighted by Crippen LogP contribution is -2.24. The first-order valence-electron chi connectivity index (χ1n) is 4.39. The molecule has 0 atom stereocenters. The van der Waals surface area contributed by atoms with E-state index in [1.165, 1.54) is 0 Å². The molecule has 1 aromatic rings. The summed E-state index contributed by atoms with van der Waals surface area (Å²) >= 11 is 0. The third-order valence-corrected chi connectivity index (χ3v) is 1.80. The van der Waals surface area contributed by atoms with Crippen LogP contribution in [0.3, 0.4) is 0 Å². The molecule has 4 N–H and O–H groups in total. The summed E-state index contributed by atoms with van der Waals surface area (Å²) in [5, 5.41) is 21.1. The molecule has 0 radical (unpaired) electrons. The predicted octanol–water partition coefficient (Wildman–Crippen LogP) is -0.0834. The third kappa shape index (κ3) is 2.98. The lowest BCUT2D eigenvalue weighted by atomic mass is 10.1. The largest absolute Gasteiger partial charge is 0.370 e. The van der Waals surface area contributed by atoms with Crippen molar-refractivity contribution in [1.29, 1.82) is 0 Å². The number of nitro benzene ring substituents is 2. The van der Waals surface area contributed by atoms with E-state index in [0.717, 1.165) is 18.2 Å². The van der Waals surface area contributed by atoms with Crippen LogP contribution in [-0.2, 0) is 0 Å². The van der Waals surface area contributed by atoms with Crippen molar-refractivity contribution in [3.05, 3.63) is 44.0 Å². The highest BCUT2D eigenvalue weighted by Crippen LogP contribution is 2.23. The zero-order chi connectivity index (χ0) is 13.9. The number of nitrogens with zero attached hydrogens (tertiary/aromatic N) is 3. The van der Waals surface area contributed by atoms with Gasteiger partial charge in [-0.3, -0.25) is 25.0 Å². The van der Waals surface area contributed by atoms with Crippen LogP contribution in [0.25, 0.3) is 0 Å². The number of aliphatic imine (C=N–C) groups is 1. The molecule has 0 fully saturated rings. The van der Waals surface area contributed by atoms with Crippen molar-refractivity contribution in [3.8, 4) is 0 Å². The molecule has 0 spiro atoms. The molecule has 0 saturated carbocycles. The number of nitro groups is 2. The lowest BCUT2D eigenvalue weighted by molar-refractivity contribution is -0.394. The molecular formula is C8H7N5O5. The molecule has 1 aromatic carbocycles. The molecule has 0 aliphatic rings. The van der Waals surface area contributed by atoms with E-state index in [0.29, 0.717) is 0 Å². The smallest absolute Gasteiger partial charge is 0.280 e. The second-order valence-corrected chi connectivity index (χ2v) is 3.09. The van der Waals surface area contributed by atoms with Crippen molar-refractivity contribution in [3.63, 3.8) is 0 Å². The van der Waals surface area contributed by atoms with Gasteiger partial charge in [0.25, 0.3) is 17.3 Å². The summed E-state index contributed by atoms with van der Waals surface area (Å²) < 4.78 is 0. The maximum absolute atomic E-state index is 11.4. The second kappa shape index (κ2) is 4.86. The van der Waals surface area contributed by atoms with Crippen LogP contribution in [0, 0.1) is 20.2 Å². The molecule has 0 bridgehead atoms. The zero-order valence-electron chi connectivity index (χ0n) is 8.77. The van der Waals surface area contributed by atoms with Crippen molar-refractivity contribution in [1.82, 2.24) is 0 Å². The number of carbonyl (C=O) groups is 1. The maximum atomic E-state index is 11.4. The monoisotopic (exact) mass is 253 g/mol. The molecule has 10 heteroatoms. The minimum Gasteiger partial charge on any atom is -0.370 e. The summed E-state index contributed by atoms with van der Waals surface area (Å²) in [5.41, 5.74) is 8.39. The van der Waals surface area contributed by atoms with E-state index in [2.05, 4.69) is 4.99 Å². The third-order valence-electron chi connectivity index (χ3n) is 1.80. The summed E-state index contributed by atoms with van der Waals surface area (Å²) in [5.74, 6) is -1.55. The maximum Gasteiger partial charge on any atom is 0.280 e. The van der Waals surface area contributed by atoms with Gasteiger partial charge in [0, 0.05) is 12.1 Å². The Kier molecular flexibility index (Phi) is 3.52. The van der Waals surface area contributed by atoms with Crippen LogP contribution in [0.2, 0.25) is 0 Å². The molecule has 0 heterocycles. The van der Waals surface area contributed by atoms with Crippen molar-refractivity contribution >= 4 is 23.2 Å². The average Bonchev–Trinajstić information content (AvgIpc) is 2.27. The fourth-order valence-corrected chi connectivity index (χ4v) is 1.11. The Morgan fingerprint density at radius 3 is 1.83 bits per heavy atom. The van der Waals surface area contributed by atoms with Gasteiger partial charge in [0.1, 0.15) is 0 Å². The summed E-state index contributed by atoms with van der Waals surface area (Å²) in [7, 11) is 0. The first kappa shape index (κ1) is 13.0. The molecular weight excluding hydrogens is 246 g/mol. The Hall–Kier alpha value is -3.04. The highest BCUT2D eigenvalue weighted by molar-refractivity contribution is 6.02. The van der Waals surface area contributed by atoms with E-state index in [-0.39, 0.29) is 5.56 Å². The van der Waals surface area contributed by atoms with E-state index in [1.54, 1.807) is 0 Å². The fourth-order valence-electron chi connectivity index (χ4n) is 1.11. The van der Waals surface area contributed by atoms with Gasteiger partial charge in [-0.15, -0.1) is 0 Å². The first-order chi connectivity index (χ1) is 8.31. The summed E-state index contributed by atoms with van der Waals surface area (Å²) in [4.78, 5) is 33.9. The van der Waals surface area contributed by atoms with Gasteiger partial charge in [0.05, 0.1) is 21.5 Å². The van der Waals surface area contributed by atoms with Crippen molar-refractivity contribution in [2.24, 2.45) is 16.5 Å². The zero-order valence-corrected chi connectivity index (χ0v) is 8.77. The Bertz CT molecular complexity index is 531. The van der Waals surface area contributed by atoms with Gasteiger partial charge < -0.3 is 11.5 Å². The minimum atomic E-state index is -0.998. The number of nitrogens with two attached hydrogens (primary N) is 2. The lowest BCUT2D eigenvalue weighted by Gasteiger charge is -1.98. The molecule has 0 aliphatic carbocycles. The van der Waals surface area contributed by atoms with Crippen molar-refractivity contribution in [2.75, 3.05) is 0 Å². The molecule has 0 unspecified atom stereocenters. The van der Waals surface area contributed by atoms with Gasteiger partial charge in [0.15, 0.2) is 5.96 Å². The normalized spacial score (nSPS) is 9.56. The number of amides is 1. The summed E-state index contributed by atoms with van der Waals surface area (Å²) in [6.07, 6.45) is 0. The molecule has 1 amide bonds. The standard InChI is InChI=1S/C8H7N5O5/c9-8(10)11-7(14)4-1-5(12(15)16)3-6(2-4)13(17)18/h1-3H,(H4,9,10,11,14). The SMILES string of the molecule is NC(N)=NC(=O)c1cc([N+](=O)[O-])cc([N+](=O)[O-])c1. The van der Waals surface area contributed by atoms with Gasteiger partial charge in [-0.2, -0.15) is 4.99 Å². The van der Waals surface area contributed by atoms with E-state index < -0.39 is 33.1 Å². The number of benzene rings is 1. The summed E-state index contributed by atoms with van der Waals surface area (Å²) in [6, 6.07) is 2.43. The molecule has 18 heavy (non-hydrogen) atoms. The molecule has 1 rings (SSSR count). The Morgan fingerprint density at radius 1 is 1.06 bits per heavy atom. The van der Waals surface area contributed by atoms with Crippen LogP contribution >= 0.6 is 0 Å². The van der Waals surface area contributed by atoms with Gasteiger partial charge in [0.2, 0.25) is 0 Å². The van der Waals surface area contributed by atoms with E-state index >= 15 is 0 Å². The molecule has 0 saturated heterocycles. The van der Waals surface area contributed by atoms with Crippen LogP contribution in [0.4, 0.5) is 11.4 Å². The van der Waals surface area contributed by atoms with Crippen LogP contribution in [0.5, 0.6) is 0 Å².